The third-order valence-corrected chi connectivity index (χ3v) is 2.42. The highest BCUT2D eigenvalue weighted by atomic mass is 16.4. The van der Waals surface area contributed by atoms with Crippen molar-refractivity contribution in [2.24, 2.45) is 5.73 Å². The van der Waals surface area contributed by atoms with Gasteiger partial charge in [-0.1, -0.05) is 18.2 Å². The fourth-order valence-corrected chi connectivity index (χ4v) is 1.57. The average Bonchev–Trinajstić information content (AvgIpc) is 2.28. The van der Waals surface area contributed by atoms with Crippen LogP contribution >= 0.6 is 0 Å². The summed E-state index contributed by atoms with van der Waals surface area (Å²) in [7, 11) is 0. The number of nitrogens with two attached hydrogens (primary N) is 1. The number of hydrogen-bond acceptors (Lipinski definition) is 3. The van der Waals surface area contributed by atoms with Gasteiger partial charge in [0.15, 0.2) is 0 Å². The molecule has 0 radical (unpaired) electrons. The summed E-state index contributed by atoms with van der Waals surface area (Å²) in [4.78, 5) is 14.9. The highest BCUT2D eigenvalue weighted by molar-refractivity contribution is 5.79. The summed E-state index contributed by atoms with van der Waals surface area (Å²) in [6.45, 7) is 0. The molecule has 0 aliphatic heterocycles. The SMILES string of the molecule is NC(Cc1cnc2ccccc2c1)C(=O)O. The van der Waals surface area contributed by atoms with Crippen molar-refractivity contribution >= 4 is 16.9 Å². The zero-order valence-electron chi connectivity index (χ0n) is 8.63. The van der Waals surface area contributed by atoms with Gasteiger partial charge in [-0.15, -0.1) is 0 Å². The molecule has 4 nitrogen and oxygen atoms in total. The third-order valence-electron chi connectivity index (χ3n) is 2.42. The maximum atomic E-state index is 10.6. The average molecular weight is 216 g/mol. The van der Waals surface area contributed by atoms with Crippen LogP contribution in [0.1, 0.15) is 5.56 Å². The molecule has 0 saturated heterocycles. The first-order valence-corrected chi connectivity index (χ1v) is 4.99. The minimum Gasteiger partial charge on any atom is -0.480 e. The zero-order chi connectivity index (χ0) is 11.5. The Bertz CT molecular complexity index is 525. The number of aromatic nitrogens is 1. The first-order valence-electron chi connectivity index (χ1n) is 4.99. The molecule has 1 atom stereocenters. The number of carbonyl (C=O) groups is 1. The minimum atomic E-state index is -0.992. The molecule has 0 aliphatic rings. The molecule has 1 unspecified atom stereocenters. The standard InChI is InChI=1S/C12H12N2O2/c13-10(12(15)16)6-8-5-9-3-1-2-4-11(9)14-7-8/h1-5,7,10H,6,13H2,(H,15,16). The summed E-state index contributed by atoms with van der Waals surface area (Å²) in [5.74, 6) is -0.992. The Hall–Kier alpha value is -1.94. The van der Waals surface area contributed by atoms with Gasteiger partial charge in [0.05, 0.1) is 5.52 Å². The van der Waals surface area contributed by atoms with Gasteiger partial charge >= 0.3 is 5.97 Å². The lowest BCUT2D eigenvalue weighted by molar-refractivity contribution is -0.138. The maximum absolute atomic E-state index is 10.6. The second-order valence-electron chi connectivity index (χ2n) is 3.69. The number of nitrogens with zero attached hydrogens (tertiary/aromatic N) is 1. The van der Waals surface area contributed by atoms with Gasteiger partial charge in [0, 0.05) is 11.6 Å². The molecule has 0 bridgehead atoms. The maximum Gasteiger partial charge on any atom is 0.320 e. The summed E-state index contributed by atoms with van der Waals surface area (Å²) in [6, 6.07) is 8.74. The number of aliphatic carboxylic acids is 1. The predicted octanol–water partition coefficient (Wildman–Crippen LogP) is 1.19. The Morgan fingerprint density at radius 1 is 1.44 bits per heavy atom. The Labute approximate surface area is 92.7 Å². The molecule has 4 heteroatoms. The van der Waals surface area contributed by atoms with E-state index in [1.54, 1.807) is 6.20 Å². The van der Waals surface area contributed by atoms with Gasteiger partial charge in [0.2, 0.25) is 0 Å². The predicted molar refractivity (Wildman–Crippen MR) is 61.1 cm³/mol. The van der Waals surface area contributed by atoms with Gasteiger partial charge in [-0.05, 0) is 24.1 Å². The van der Waals surface area contributed by atoms with Crippen molar-refractivity contribution in [1.82, 2.24) is 4.98 Å². The van der Waals surface area contributed by atoms with E-state index in [1.807, 2.05) is 30.3 Å². The number of carboxylic acids is 1. The molecule has 0 amide bonds. The van der Waals surface area contributed by atoms with Crippen LogP contribution < -0.4 is 5.73 Å². The van der Waals surface area contributed by atoms with E-state index in [0.29, 0.717) is 6.42 Å². The summed E-state index contributed by atoms with van der Waals surface area (Å²) >= 11 is 0. The lowest BCUT2D eigenvalue weighted by Gasteiger charge is -2.06. The van der Waals surface area contributed by atoms with E-state index >= 15 is 0 Å². The topological polar surface area (TPSA) is 76.2 Å². The smallest absolute Gasteiger partial charge is 0.320 e. The van der Waals surface area contributed by atoms with E-state index < -0.39 is 12.0 Å². The highest BCUT2D eigenvalue weighted by Crippen LogP contribution is 2.13. The normalized spacial score (nSPS) is 12.6. The van der Waals surface area contributed by atoms with Crippen LogP contribution in [-0.4, -0.2) is 22.1 Å². The third kappa shape index (κ3) is 2.17. The van der Waals surface area contributed by atoms with Crippen LogP contribution in [0.15, 0.2) is 36.5 Å². The number of pyridine rings is 1. The Morgan fingerprint density at radius 2 is 2.19 bits per heavy atom. The Kier molecular flexibility index (Phi) is 2.83. The first kappa shape index (κ1) is 10.6. The van der Waals surface area contributed by atoms with Gasteiger partial charge < -0.3 is 10.8 Å². The van der Waals surface area contributed by atoms with Crippen LogP contribution in [-0.2, 0) is 11.2 Å². The number of para-hydroxylation sites is 1. The van der Waals surface area contributed by atoms with E-state index in [-0.39, 0.29) is 0 Å². The van der Waals surface area contributed by atoms with Gasteiger partial charge in [0.1, 0.15) is 6.04 Å². The number of fused-ring (bicyclic) bond motifs is 1. The van der Waals surface area contributed by atoms with E-state index in [9.17, 15) is 4.79 Å². The molecule has 1 heterocycles. The summed E-state index contributed by atoms with van der Waals surface area (Å²) < 4.78 is 0. The molecule has 0 saturated carbocycles. The zero-order valence-corrected chi connectivity index (χ0v) is 8.63. The van der Waals surface area contributed by atoms with Crippen LogP contribution in [0.3, 0.4) is 0 Å². The molecule has 16 heavy (non-hydrogen) atoms. The number of carboxylic acid groups (broad SMARTS) is 1. The molecule has 1 aromatic heterocycles. The van der Waals surface area contributed by atoms with E-state index in [0.717, 1.165) is 16.5 Å². The lowest BCUT2D eigenvalue weighted by Crippen LogP contribution is -2.32. The molecule has 1 aromatic carbocycles. The number of hydrogen-bond donors (Lipinski definition) is 2. The second kappa shape index (κ2) is 4.28. The van der Waals surface area contributed by atoms with Crippen molar-refractivity contribution in [3.05, 3.63) is 42.1 Å². The van der Waals surface area contributed by atoms with Crippen molar-refractivity contribution in [3.8, 4) is 0 Å². The monoisotopic (exact) mass is 216 g/mol. The van der Waals surface area contributed by atoms with Crippen LogP contribution in [0.2, 0.25) is 0 Å². The van der Waals surface area contributed by atoms with Crippen LogP contribution in [0, 0.1) is 0 Å². The largest absolute Gasteiger partial charge is 0.480 e. The van der Waals surface area contributed by atoms with Gasteiger partial charge in [0.25, 0.3) is 0 Å². The Morgan fingerprint density at radius 3 is 2.94 bits per heavy atom. The van der Waals surface area contributed by atoms with Gasteiger partial charge in [-0.25, -0.2) is 0 Å². The molecule has 2 aromatic rings. The van der Waals surface area contributed by atoms with E-state index in [4.69, 9.17) is 10.8 Å². The van der Waals surface area contributed by atoms with Gasteiger partial charge in [-0.2, -0.15) is 0 Å². The van der Waals surface area contributed by atoms with Crippen LogP contribution in [0.25, 0.3) is 10.9 Å². The van der Waals surface area contributed by atoms with Crippen LogP contribution in [0.4, 0.5) is 0 Å². The molecule has 3 N–H and O–H groups in total. The molecular weight excluding hydrogens is 204 g/mol. The summed E-state index contributed by atoms with van der Waals surface area (Å²) in [5.41, 5.74) is 7.20. The minimum absolute atomic E-state index is 0.299. The molecule has 2 rings (SSSR count). The summed E-state index contributed by atoms with van der Waals surface area (Å²) in [6.07, 6.45) is 1.97. The van der Waals surface area contributed by atoms with Crippen molar-refractivity contribution in [2.45, 2.75) is 12.5 Å². The molecule has 0 aliphatic carbocycles. The number of benzene rings is 1. The van der Waals surface area contributed by atoms with Gasteiger partial charge in [-0.3, -0.25) is 9.78 Å². The molecular formula is C12H12N2O2. The van der Waals surface area contributed by atoms with Crippen LogP contribution in [0.5, 0.6) is 0 Å². The second-order valence-corrected chi connectivity index (χ2v) is 3.69. The van der Waals surface area contributed by atoms with Crippen molar-refractivity contribution in [2.75, 3.05) is 0 Å². The molecule has 0 spiro atoms. The van der Waals surface area contributed by atoms with Crippen molar-refractivity contribution in [1.29, 1.82) is 0 Å². The van der Waals surface area contributed by atoms with E-state index in [2.05, 4.69) is 4.98 Å². The van der Waals surface area contributed by atoms with E-state index in [1.165, 1.54) is 0 Å². The van der Waals surface area contributed by atoms with Crippen molar-refractivity contribution < 1.29 is 9.90 Å². The molecule has 0 fully saturated rings. The fraction of sp³-hybridized carbons (Fsp3) is 0.167. The Balaban J connectivity index is 2.29. The highest BCUT2D eigenvalue weighted by Gasteiger charge is 2.12. The quantitative estimate of drug-likeness (QED) is 0.808. The van der Waals surface area contributed by atoms with Crippen molar-refractivity contribution in [3.63, 3.8) is 0 Å². The number of rotatable bonds is 3. The first-order chi connectivity index (χ1) is 7.66. The summed E-state index contributed by atoms with van der Waals surface area (Å²) in [5, 5.41) is 9.71. The fourth-order valence-electron chi connectivity index (χ4n) is 1.57. The molecule has 82 valence electrons. The lowest BCUT2D eigenvalue weighted by atomic mass is 10.1.